The second-order valence-corrected chi connectivity index (χ2v) is 10.7. The number of amides is 1. The molecule has 3 atom stereocenters. The van der Waals surface area contributed by atoms with Gasteiger partial charge in [-0.2, -0.15) is 4.37 Å². The number of anilines is 2. The number of aryl methyl sites for hydroxylation is 1. The van der Waals surface area contributed by atoms with Gasteiger partial charge in [-0.05, 0) is 74.4 Å². The van der Waals surface area contributed by atoms with E-state index in [0.717, 1.165) is 53.1 Å². The van der Waals surface area contributed by atoms with Crippen LogP contribution in [0.25, 0.3) is 10.1 Å². The zero-order valence-electron chi connectivity index (χ0n) is 22.7. The minimum Gasteiger partial charge on any atom is -0.352 e. The molecule has 2 aromatic carbocycles. The fourth-order valence-electron chi connectivity index (χ4n) is 5.65. The van der Waals surface area contributed by atoms with E-state index in [2.05, 4.69) is 36.6 Å². The predicted molar refractivity (Wildman–Crippen MR) is 139 cm³/mol. The zero-order valence-corrected chi connectivity index (χ0v) is 21.3. The largest absolute Gasteiger partial charge is 0.352 e. The van der Waals surface area contributed by atoms with Crippen molar-refractivity contribution in [3.8, 4) is 0 Å². The van der Waals surface area contributed by atoms with Crippen LogP contribution in [0.4, 0.5) is 11.5 Å². The Morgan fingerprint density at radius 3 is 2.73 bits per heavy atom. The van der Waals surface area contributed by atoms with Gasteiger partial charge < -0.3 is 9.80 Å². The van der Waals surface area contributed by atoms with Gasteiger partial charge in [-0.1, -0.05) is 29.8 Å². The average Bonchev–Trinajstić information content (AvgIpc) is 3.38. The number of nitrogens with zero attached hydrogens (tertiary/aromatic N) is 4. The molecule has 1 amide bonds. The van der Waals surface area contributed by atoms with Crippen molar-refractivity contribution in [1.82, 2.24) is 9.27 Å². The molecule has 3 aromatic rings. The number of aromatic nitrogens is 1. The normalized spacial score (nSPS) is 23.6. The van der Waals surface area contributed by atoms with Crippen LogP contribution in [-0.4, -0.2) is 53.4 Å². The number of halogens is 1. The van der Waals surface area contributed by atoms with E-state index in [0.29, 0.717) is 16.1 Å². The smallest absolute Gasteiger partial charge is 0.231 e. The molecule has 33 heavy (non-hydrogen) atoms. The Kier molecular flexibility index (Phi) is 4.98. The van der Waals surface area contributed by atoms with Gasteiger partial charge in [0.1, 0.15) is 0 Å². The number of hydrogen-bond acceptors (Lipinski definition) is 5. The molecule has 174 valence electrons. The molecular weight excluding hydrogens is 452 g/mol. The van der Waals surface area contributed by atoms with Crippen LogP contribution in [0.3, 0.4) is 0 Å². The second-order valence-electron chi connectivity index (χ2n) is 9.52. The van der Waals surface area contributed by atoms with E-state index in [1.165, 1.54) is 11.5 Å². The molecule has 2 aliphatic heterocycles. The van der Waals surface area contributed by atoms with Crippen molar-refractivity contribution in [2.45, 2.75) is 58.7 Å². The number of carbonyl (C=O) groups is 1. The summed E-state index contributed by atoms with van der Waals surface area (Å²) in [4.78, 5) is 18.6. The van der Waals surface area contributed by atoms with Crippen LogP contribution in [0.2, 0.25) is 5.02 Å². The van der Waals surface area contributed by atoms with Gasteiger partial charge >= 0.3 is 0 Å². The molecule has 0 N–H and O–H groups in total. The molecule has 0 bridgehead atoms. The van der Waals surface area contributed by atoms with Crippen LogP contribution < -0.4 is 9.80 Å². The number of carbonyl (C=O) groups excluding carboxylic acids is 1. The first-order chi connectivity index (χ1) is 17.0. The predicted octanol–water partition coefficient (Wildman–Crippen LogP) is 5.31. The number of likely N-dealkylation sites (N-methyl/N-ethyl adjacent to an activating group) is 1. The molecule has 1 aromatic heterocycles. The lowest BCUT2D eigenvalue weighted by Gasteiger charge is -2.47. The highest BCUT2D eigenvalue weighted by Crippen LogP contribution is 2.36. The Morgan fingerprint density at radius 2 is 2.00 bits per heavy atom. The molecule has 3 heterocycles. The van der Waals surface area contributed by atoms with E-state index in [-0.39, 0.29) is 42.2 Å². The van der Waals surface area contributed by atoms with Crippen LogP contribution in [0, 0.1) is 6.92 Å². The van der Waals surface area contributed by atoms with Crippen LogP contribution in [-0.2, 0) is 17.6 Å². The van der Waals surface area contributed by atoms with E-state index in [9.17, 15) is 4.79 Å². The number of hydrogen-bond donors (Lipinski definition) is 0. The second kappa shape index (κ2) is 8.57. The minimum atomic E-state index is -0.0307. The SMILES string of the molecule is [2H]c1c([2H])c(C)c2c(N3CC(C)N(C(C)Cc4cc5c(cc4Cl)N(C)C(=O)C5)C(C)C3)nsc2c1[2H]. The summed E-state index contributed by atoms with van der Waals surface area (Å²) in [5.74, 6) is 0.930. The van der Waals surface area contributed by atoms with Crippen molar-refractivity contribution in [3.05, 3.63) is 52.0 Å². The van der Waals surface area contributed by atoms with E-state index in [1.54, 1.807) is 11.9 Å². The maximum Gasteiger partial charge on any atom is 0.231 e. The van der Waals surface area contributed by atoms with Gasteiger partial charge in [0, 0.05) is 54.4 Å². The quantitative estimate of drug-likeness (QED) is 0.502. The van der Waals surface area contributed by atoms with Crippen molar-refractivity contribution in [1.29, 1.82) is 0 Å². The highest BCUT2D eigenvalue weighted by molar-refractivity contribution is 7.13. The van der Waals surface area contributed by atoms with Gasteiger partial charge in [0.05, 0.1) is 15.2 Å². The zero-order chi connectivity index (χ0) is 26.0. The molecule has 0 saturated carbocycles. The van der Waals surface area contributed by atoms with E-state index < -0.39 is 0 Å². The van der Waals surface area contributed by atoms with Crippen LogP contribution in [0.1, 0.15) is 41.6 Å². The van der Waals surface area contributed by atoms with Crippen molar-refractivity contribution < 1.29 is 8.91 Å². The molecule has 3 unspecified atom stereocenters. The Morgan fingerprint density at radius 1 is 1.27 bits per heavy atom. The Balaban J connectivity index is 1.37. The van der Waals surface area contributed by atoms with Gasteiger partial charge in [-0.3, -0.25) is 9.69 Å². The maximum absolute atomic E-state index is 12.1. The fraction of sp³-hybridized carbons (Fsp3) is 0.462. The first-order valence-corrected chi connectivity index (χ1v) is 12.6. The van der Waals surface area contributed by atoms with Crippen molar-refractivity contribution in [2.75, 3.05) is 29.9 Å². The third-order valence-corrected chi connectivity index (χ3v) is 8.22. The number of benzene rings is 2. The third-order valence-electron chi connectivity index (χ3n) is 7.11. The minimum absolute atomic E-state index is 0.0307. The molecule has 1 fully saturated rings. The molecule has 0 spiro atoms. The Bertz CT molecular complexity index is 1370. The summed E-state index contributed by atoms with van der Waals surface area (Å²) >= 11 is 7.91. The van der Waals surface area contributed by atoms with E-state index in [1.807, 2.05) is 13.0 Å². The van der Waals surface area contributed by atoms with Crippen molar-refractivity contribution in [2.24, 2.45) is 0 Å². The van der Waals surface area contributed by atoms with Crippen LogP contribution >= 0.6 is 23.1 Å². The van der Waals surface area contributed by atoms with Gasteiger partial charge in [0.2, 0.25) is 5.91 Å². The Labute approximate surface area is 209 Å². The van der Waals surface area contributed by atoms with Crippen LogP contribution in [0.15, 0.2) is 30.3 Å². The lowest BCUT2D eigenvalue weighted by Crippen LogP contribution is -2.60. The molecule has 7 heteroatoms. The van der Waals surface area contributed by atoms with Gasteiger partial charge in [-0.15, -0.1) is 0 Å². The molecule has 5 rings (SSSR count). The highest BCUT2D eigenvalue weighted by atomic mass is 35.5. The van der Waals surface area contributed by atoms with Crippen molar-refractivity contribution >= 4 is 50.6 Å². The summed E-state index contributed by atoms with van der Waals surface area (Å²) in [6.07, 6.45) is 1.23. The fourth-order valence-corrected chi connectivity index (χ4v) is 6.70. The summed E-state index contributed by atoms with van der Waals surface area (Å²) < 4.78 is 30.1. The molecule has 0 radical (unpaired) electrons. The summed E-state index contributed by atoms with van der Waals surface area (Å²) in [6, 6.07) is 4.96. The summed E-state index contributed by atoms with van der Waals surface area (Å²) in [5, 5.41) is 1.55. The maximum atomic E-state index is 12.1. The number of fused-ring (bicyclic) bond motifs is 2. The summed E-state index contributed by atoms with van der Waals surface area (Å²) in [6.45, 7) is 10.1. The topological polar surface area (TPSA) is 39.7 Å². The van der Waals surface area contributed by atoms with Crippen molar-refractivity contribution in [3.63, 3.8) is 0 Å². The lowest BCUT2D eigenvalue weighted by molar-refractivity contribution is -0.117. The molecule has 0 aliphatic carbocycles. The first kappa shape index (κ1) is 19.2. The summed E-state index contributed by atoms with van der Waals surface area (Å²) in [7, 11) is 1.80. The van der Waals surface area contributed by atoms with E-state index >= 15 is 0 Å². The standard InChI is InChI=1S/C26H31ClN4OS/c1-15-7-6-8-23-25(15)26(28-33-23)30-13-17(3)31(18(4)14-30)16(2)9-19-10-20-11-24(32)29(5)22(20)12-21(19)27/h6-8,10,12,16-18H,9,11,13-14H2,1-5H3/i6D,7D,8D. The average molecular weight is 486 g/mol. The monoisotopic (exact) mass is 485 g/mol. The highest BCUT2D eigenvalue weighted by Gasteiger charge is 2.35. The van der Waals surface area contributed by atoms with Gasteiger partial charge in [0.15, 0.2) is 5.82 Å². The first-order valence-electron chi connectivity index (χ1n) is 13.0. The summed E-state index contributed by atoms with van der Waals surface area (Å²) in [5.41, 5.74) is 3.75. The third kappa shape index (κ3) is 3.92. The van der Waals surface area contributed by atoms with Gasteiger partial charge in [-0.25, -0.2) is 0 Å². The molecular formula is C26H31ClN4OS. The molecule has 5 nitrogen and oxygen atoms in total. The Hall–Kier alpha value is -2.15. The molecule has 1 saturated heterocycles. The van der Waals surface area contributed by atoms with E-state index in [4.69, 9.17) is 20.1 Å². The van der Waals surface area contributed by atoms with Gasteiger partial charge in [0.25, 0.3) is 0 Å². The number of piperazine rings is 1. The lowest BCUT2D eigenvalue weighted by atomic mass is 9.97. The molecule has 2 aliphatic rings. The number of rotatable bonds is 4. The van der Waals surface area contributed by atoms with Crippen LogP contribution in [0.5, 0.6) is 0 Å².